The van der Waals surface area contributed by atoms with Gasteiger partial charge in [0.2, 0.25) is 0 Å². The summed E-state index contributed by atoms with van der Waals surface area (Å²) in [6.07, 6.45) is 5.63. The maximum absolute atomic E-state index is 12.3. The lowest BCUT2D eigenvalue weighted by atomic mass is 9.64. The number of aromatic nitrogens is 1. The first-order valence-corrected chi connectivity index (χ1v) is 8.55. The normalized spacial score (nSPS) is 19.2. The predicted molar refractivity (Wildman–Crippen MR) is 87.8 cm³/mol. The fraction of sp³-hybridized carbons (Fsp3) is 0.444. The van der Waals surface area contributed by atoms with Crippen LogP contribution in [-0.2, 0) is 5.41 Å². The number of rotatable bonds is 5. The van der Waals surface area contributed by atoms with Gasteiger partial charge in [0, 0.05) is 29.0 Å². The fourth-order valence-electron chi connectivity index (χ4n) is 3.27. The van der Waals surface area contributed by atoms with Gasteiger partial charge in [0.15, 0.2) is 5.69 Å². The fourth-order valence-corrected chi connectivity index (χ4v) is 3.40. The topological polar surface area (TPSA) is 55.1 Å². The molecule has 120 valence electrons. The summed E-state index contributed by atoms with van der Waals surface area (Å²) in [6, 6.07) is 9.74. The Morgan fingerprint density at radius 3 is 2.65 bits per heavy atom. The van der Waals surface area contributed by atoms with Crippen LogP contribution in [0.1, 0.15) is 59.8 Å². The first kappa shape index (κ1) is 14.8. The van der Waals surface area contributed by atoms with E-state index < -0.39 is 0 Å². The van der Waals surface area contributed by atoms with E-state index in [4.69, 9.17) is 16.1 Å². The summed E-state index contributed by atoms with van der Waals surface area (Å²) in [4.78, 5) is 12.3. The molecule has 2 aromatic rings. The molecule has 2 aliphatic carbocycles. The molecule has 0 aliphatic heterocycles. The molecule has 1 N–H and O–H groups in total. The van der Waals surface area contributed by atoms with E-state index in [1.165, 1.54) is 12.0 Å². The third-order valence-electron chi connectivity index (χ3n) is 5.10. The molecule has 0 radical (unpaired) electrons. The third kappa shape index (κ3) is 2.88. The Bertz CT molecular complexity index is 715. The van der Waals surface area contributed by atoms with E-state index in [1.807, 2.05) is 12.1 Å². The van der Waals surface area contributed by atoms with Gasteiger partial charge < -0.3 is 9.84 Å². The molecular formula is C18H19ClN2O2. The Kier molecular flexibility index (Phi) is 3.64. The third-order valence-corrected chi connectivity index (χ3v) is 5.35. The van der Waals surface area contributed by atoms with Crippen LogP contribution in [0.25, 0.3) is 0 Å². The van der Waals surface area contributed by atoms with Gasteiger partial charge in [-0.3, -0.25) is 4.79 Å². The van der Waals surface area contributed by atoms with Crippen molar-refractivity contribution in [3.05, 3.63) is 52.4 Å². The lowest BCUT2D eigenvalue weighted by Gasteiger charge is -2.42. The van der Waals surface area contributed by atoms with Crippen molar-refractivity contribution in [2.75, 3.05) is 6.54 Å². The van der Waals surface area contributed by atoms with E-state index in [0.29, 0.717) is 18.2 Å². The number of carbonyl (C=O) groups excluding carboxylic acids is 1. The molecule has 0 saturated heterocycles. The highest BCUT2D eigenvalue weighted by Gasteiger charge is 2.39. The zero-order valence-electron chi connectivity index (χ0n) is 12.8. The maximum atomic E-state index is 12.3. The number of hydrogen-bond donors (Lipinski definition) is 1. The largest absolute Gasteiger partial charge is 0.360 e. The van der Waals surface area contributed by atoms with Crippen LogP contribution < -0.4 is 5.32 Å². The Morgan fingerprint density at radius 1 is 1.30 bits per heavy atom. The molecule has 23 heavy (non-hydrogen) atoms. The second-order valence-electron chi connectivity index (χ2n) is 6.71. The van der Waals surface area contributed by atoms with Gasteiger partial charge in [0.1, 0.15) is 5.76 Å². The molecule has 2 saturated carbocycles. The smallest absolute Gasteiger partial charge is 0.273 e. The minimum Gasteiger partial charge on any atom is -0.360 e. The highest BCUT2D eigenvalue weighted by molar-refractivity contribution is 6.30. The average Bonchev–Trinajstić information content (AvgIpc) is 3.25. The van der Waals surface area contributed by atoms with Crippen LogP contribution in [0, 0.1) is 0 Å². The zero-order valence-corrected chi connectivity index (χ0v) is 13.6. The minimum atomic E-state index is -0.152. The van der Waals surface area contributed by atoms with Gasteiger partial charge in [0.25, 0.3) is 5.91 Å². The molecular weight excluding hydrogens is 312 g/mol. The molecule has 0 unspecified atom stereocenters. The van der Waals surface area contributed by atoms with Gasteiger partial charge in [-0.1, -0.05) is 35.3 Å². The second kappa shape index (κ2) is 5.68. The Morgan fingerprint density at radius 2 is 2.04 bits per heavy atom. The van der Waals surface area contributed by atoms with E-state index in [-0.39, 0.29) is 11.3 Å². The van der Waals surface area contributed by atoms with Crippen molar-refractivity contribution in [3.8, 4) is 0 Å². The summed E-state index contributed by atoms with van der Waals surface area (Å²) in [6.45, 7) is 0.624. The molecule has 1 heterocycles. The summed E-state index contributed by atoms with van der Waals surface area (Å²) < 4.78 is 5.25. The van der Waals surface area contributed by atoms with E-state index in [1.54, 1.807) is 6.07 Å². The lowest BCUT2D eigenvalue weighted by molar-refractivity contribution is 0.0918. The van der Waals surface area contributed by atoms with Gasteiger partial charge in [0.05, 0.1) is 0 Å². The number of hydrogen-bond acceptors (Lipinski definition) is 3. The first-order chi connectivity index (χ1) is 11.2. The first-order valence-electron chi connectivity index (χ1n) is 8.17. The van der Waals surface area contributed by atoms with Crippen LogP contribution in [0.4, 0.5) is 0 Å². The molecule has 0 bridgehead atoms. The van der Waals surface area contributed by atoms with Crippen molar-refractivity contribution in [2.45, 2.75) is 43.4 Å². The predicted octanol–water partition coefficient (Wildman–Crippen LogP) is 4.06. The molecule has 1 aromatic heterocycles. The highest BCUT2D eigenvalue weighted by atomic mass is 35.5. The number of nitrogens with zero attached hydrogens (tertiary/aromatic N) is 1. The molecule has 4 nitrogen and oxygen atoms in total. The Labute approximate surface area is 140 Å². The molecule has 2 fully saturated rings. The van der Waals surface area contributed by atoms with Crippen LogP contribution in [0.2, 0.25) is 5.02 Å². The zero-order chi connectivity index (χ0) is 15.9. The van der Waals surface area contributed by atoms with E-state index in [2.05, 4.69) is 22.6 Å². The second-order valence-corrected chi connectivity index (χ2v) is 7.15. The maximum Gasteiger partial charge on any atom is 0.273 e. The SMILES string of the molecule is O=C(NCC1(c2ccc(Cl)cc2)CCC1)c1cc(C2CC2)on1. The monoisotopic (exact) mass is 330 g/mol. The van der Waals surface area contributed by atoms with Crippen LogP contribution in [0.15, 0.2) is 34.9 Å². The number of halogens is 1. The van der Waals surface area contributed by atoms with Crippen molar-refractivity contribution in [1.29, 1.82) is 0 Å². The van der Waals surface area contributed by atoms with Crippen molar-refractivity contribution >= 4 is 17.5 Å². The Hall–Kier alpha value is -1.81. The number of benzene rings is 1. The van der Waals surface area contributed by atoms with E-state index in [0.717, 1.165) is 36.5 Å². The van der Waals surface area contributed by atoms with E-state index >= 15 is 0 Å². The summed E-state index contributed by atoms with van der Waals surface area (Å²) >= 11 is 5.97. The van der Waals surface area contributed by atoms with Crippen molar-refractivity contribution in [2.24, 2.45) is 0 Å². The van der Waals surface area contributed by atoms with Gasteiger partial charge in [-0.15, -0.1) is 0 Å². The van der Waals surface area contributed by atoms with Crippen LogP contribution in [0.3, 0.4) is 0 Å². The molecule has 1 aromatic carbocycles. The van der Waals surface area contributed by atoms with E-state index in [9.17, 15) is 4.79 Å². The standard InChI is InChI=1S/C18H19ClN2O2/c19-14-6-4-13(5-7-14)18(8-1-9-18)11-20-17(22)15-10-16(23-21-15)12-2-3-12/h4-7,10,12H,1-3,8-9,11H2,(H,20,22). The number of carbonyl (C=O) groups is 1. The molecule has 1 amide bonds. The molecule has 0 spiro atoms. The van der Waals surface area contributed by atoms with Gasteiger partial charge in [-0.2, -0.15) is 0 Å². The van der Waals surface area contributed by atoms with Gasteiger partial charge in [-0.05, 0) is 43.4 Å². The van der Waals surface area contributed by atoms with Crippen molar-refractivity contribution in [3.63, 3.8) is 0 Å². The lowest BCUT2D eigenvalue weighted by Crippen LogP contribution is -2.45. The summed E-state index contributed by atoms with van der Waals surface area (Å²) in [5, 5.41) is 7.67. The summed E-state index contributed by atoms with van der Waals surface area (Å²) in [5.41, 5.74) is 1.66. The van der Waals surface area contributed by atoms with Gasteiger partial charge >= 0.3 is 0 Å². The van der Waals surface area contributed by atoms with Crippen LogP contribution in [-0.4, -0.2) is 17.6 Å². The van der Waals surface area contributed by atoms with Gasteiger partial charge in [-0.25, -0.2) is 0 Å². The summed E-state index contributed by atoms with van der Waals surface area (Å²) in [7, 11) is 0. The molecule has 4 rings (SSSR count). The Balaban J connectivity index is 1.43. The quantitative estimate of drug-likeness (QED) is 0.899. The van der Waals surface area contributed by atoms with Crippen molar-refractivity contribution < 1.29 is 9.32 Å². The number of amides is 1. The highest BCUT2D eigenvalue weighted by Crippen LogP contribution is 2.43. The molecule has 2 aliphatic rings. The minimum absolute atomic E-state index is 0.0311. The molecule has 5 heteroatoms. The van der Waals surface area contributed by atoms with Crippen LogP contribution >= 0.6 is 11.6 Å². The molecule has 0 atom stereocenters. The van der Waals surface area contributed by atoms with Crippen LogP contribution in [0.5, 0.6) is 0 Å². The summed E-state index contributed by atoms with van der Waals surface area (Å²) in [5.74, 6) is 1.16. The average molecular weight is 331 g/mol. The van der Waals surface area contributed by atoms with Crippen molar-refractivity contribution in [1.82, 2.24) is 10.5 Å². The number of nitrogens with one attached hydrogen (secondary N) is 1.